The fourth-order valence-corrected chi connectivity index (χ4v) is 3.05. The van der Waals surface area contributed by atoms with Gasteiger partial charge in [0.25, 0.3) is 0 Å². The Labute approximate surface area is 125 Å². The van der Waals surface area contributed by atoms with Crippen LogP contribution >= 0.6 is 0 Å². The van der Waals surface area contributed by atoms with E-state index in [1.807, 2.05) is 25.1 Å². The first-order valence-electron chi connectivity index (χ1n) is 7.71. The van der Waals surface area contributed by atoms with Crippen LogP contribution in [0.2, 0.25) is 0 Å². The number of aryl methyl sites for hydroxylation is 1. The summed E-state index contributed by atoms with van der Waals surface area (Å²) in [5.41, 5.74) is 10.00. The van der Waals surface area contributed by atoms with Crippen LogP contribution in [0, 0.1) is 6.92 Å². The minimum absolute atomic E-state index is 0.342. The highest BCUT2D eigenvalue weighted by Gasteiger charge is 2.20. The lowest BCUT2D eigenvalue weighted by Gasteiger charge is -2.27. The topological polar surface area (TPSA) is 51.4 Å². The number of hydrogen-bond donors (Lipinski definition) is 1. The lowest BCUT2D eigenvalue weighted by molar-refractivity contribution is 0.116. The van der Waals surface area contributed by atoms with E-state index in [1.165, 1.54) is 12.1 Å². The fraction of sp³-hybridized carbons (Fsp3) is 0.471. The Kier molecular flexibility index (Phi) is 3.97. The van der Waals surface area contributed by atoms with Crippen molar-refractivity contribution in [3.05, 3.63) is 30.0 Å². The van der Waals surface area contributed by atoms with Crippen molar-refractivity contribution in [3.8, 4) is 0 Å². The summed E-state index contributed by atoms with van der Waals surface area (Å²) < 4.78 is 5.79. The Morgan fingerprint density at radius 3 is 2.95 bits per heavy atom. The summed E-state index contributed by atoms with van der Waals surface area (Å²) in [6, 6.07) is 8.09. The predicted octanol–water partition coefficient (Wildman–Crippen LogP) is 3.13. The van der Waals surface area contributed by atoms with Gasteiger partial charge in [-0.05, 0) is 51.0 Å². The molecule has 0 aliphatic carbocycles. The number of aromatic nitrogens is 1. The van der Waals surface area contributed by atoms with Gasteiger partial charge in [0.1, 0.15) is 0 Å². The van der Waals surface area contributed by atoms with Crippen molar-refractivity contribution in [3.63, 3.8) is 0 Å². The molecule has 4 heteroatoms. The number of hydrogen-bond acceptors (Lipinski definition) is 4. The molecule has 1 unspecified atom stereocenters. The van der Waals surface area contributed by atoms with Gasteiger partial charge >= 0.3 is 0 Å². The SMILES string of the molecule is CCN(CC1CCCO1)c1cc(C)nc2ccc(N)cc12. The van der Waals surface area contributed by atoms with Crippen molar-refractivity contribution in [2.24, 2.45) is 0 Å². The molecule has 1 aliphatic rings. The van der Waals surface area contributed by atoms with Gasteiger partial charge in [0.15, 0.2) is 0 Å². The van der Waals surface area contributed by atoms with E-state index in [2.05, 4.69) is 22.9 Å². The molecule has 0 spiro atoms. The molecule has 2 N–H and O–H groups in total. The molecule has 1 aromatic heterocycles. The van der Waals surface area contributed by atoms with Gasteiger partial charge in [-0.15, -0.1) is 0 Å². The molecule has 3 rings (SSSR count). The van der Waals surface area contributed by atoms with Gasteiger partial charge in [0, 0.05) is 42.2 Å². The van der Waals surface area contributed by atoms with Gasteiger partial charge in [-0.3, -0.25) is 4.98 Å². The molecule has 4 nitrogen and oxygen atoms in total. The number of ether oxygens (including phenoxy) is 1. The highest BCUT2D eigenvalue weighted by Crippen LogP contribution is 2.29. The number of anilines is 2. The average molecular weight is 285 g/mol. The van der Waals surface area contributed by atoms with E-state index in [0.717, 1.165) is 48.4 Å². The minimum Gasteiger partial charge on any atom is -0.399 e. The molecule has 1 fully saturated rings. The van der Waals surface area contributed by atoms with E-state index in [0.29, 0.717) is 6.10 Å². The average Bonchev–Trinajstić information content (AvgIpc) is 2.97. The van der Waals surface area contributed by atoms with E-state index >= 15 is 0 Å². The second-order valence-electron chi connectivity index (χ2n) is 5.73. The van der Waals surface area contributed by atoms with Crippen molar-refractivity contribution in [2.45, 2.75) is 32.8 Å². The second kappa shape index (κ2) is 5.90. The van der Waals surface area contributed by atoms with Crippen LogP contribution in [0.15, 0.2) is 24.3 Å². The first-order chi connectivity index (χ1) is 10.2. The zero-order valence-electron chi connectivity index (χ0n) is 12.8. The normalized spacial score (nSPS) is 18.3. The number of nitrogen functional groups attached to an aromatic ring is 1. The van der Waals surface area contributed by atoms with E-state index < -0.39 is 0 Å². The largest absolute Gasteiger partial charge is 0.399 e. The molecule has 112 valence electrons. The van der Waals surface area contributed by atoms with Gasteiger partial charge < -0.3 is 15.4 Å². The van der Waals surface area contributed by atoms with Crippen LogP contribution in [-0.2, 0) is 4.74 Å². The Hall–Kier alpha value is -1.81. The number of rotatable bonds is 4. The summed E-state index contributed by atoms with van der Waals surface area (Å²) in [6.07, 6.45) is 2.67. The van der Waals surface area contributed by atoms with Crippen LogP contribution in [0.4, 0.5) is 11.4 Å². The Balaban J connectivity index is 2.01. The van der Waals surface area contributed by atoms with Gasteiger partial charge in [-0.25, -0.2) is 0 Å². The van der Waals surface area contributed by atoms with Crippen molar-refractivity contribution < 1.29 is 4.74 Å². The first-order valence-corrected chi connectivity index (χ1v) is 7.71. The lowest BCUT2D eigenvalue weighted by atomic mass is 10.1. The third kappa shape index (κ3) is 2.95. The molecule has 21 heavy (non-hydrogen) atoms. The molecular formula is C17H23N3O. The third-order valence-electron chi connectivity index (χ3n) is 4.11. The Morgan fingerprint density at radius 2 is 2.24 bits per heavy atom. The van der Waals surface area contributed by atoms with E-state index in [9.17, 15) is 0 Å². The third-order valence-corrected chi connectivity index (χ3v) is 4.11. The maximum atomic E-state index is 5.97. The van der Waals surface area contributed by atoms with Crippen LogP contribution < -0.4 is 10.6 Å². The van der Waals surface area contributed by atoms with Crippen LogP contribution in [0.25, 0.3) is 10.9 Å². The highest BCUT2D eigenvalue weighted by molar-refractivity contribution is 5.94. The van der Waals surface area contributed by atoms with Crippen LogP contribution in [-0.4, -0.2) is 30.8 Å². The van der Waals surface area contributed by atoms with E-state index in [1.54, 1.807) is 0 Å². The van der Waals surface area contributed by atoms with Gasteiger partial charge in [-0.2, -0.15) is 0 Å². The molecule has 0 amide bonds. The quantitative estimate of drug-likeness (QED) is 0.877. The summed E-state index contributed by atoms with van der Waals surface area (Å²) in [5.74, 6) is 0. The Morgan fingerprint density at radius 1 is 1.38 bits per heavy atom. The summed E-state index contributed by atoms with van der Waals surface area (Å²) in [4.78, 5) is 6.99. The number of nitrogens with zero attached hydrogens (tertiary/aromatic N) is 2. The van der Waals surface area contributed by atoms with Crippen molar-refractivity contribution in [2.75, 3.05) is 30.3 Å². The Bertz CT molecular complexity index is 635. The van der Waals surface area contributed by atoms with Crippen LogP contribution in [0.5, 0.6) is 0 Å². The summed E-state index contributed by atoms with van der Waals surface area (Å²) in [5, 5.41) is 1.13. The molecule has 1 aliphatic heterocycles. The standard InChI is InChI=1S/C17H23N3O/c1-3-20(11-14-5-4-8-21-14)17-9-12(2)19-16-7-6-13(18)10-15(16)17/h6-7,9-10,14H,3-5,8,11,18H2,1-2H3. The van der Waals surface area contributed by atoms with E-state index in [4.69, 9.17) is 10.5 Å². The smallest absolute Gasteiger partial charge is 0.0750 e. The van der Waals surface area contributed by atoms with Crippen molar-refractivity contribution >= 4 is 22.3 Å². The molecule has 2 aromatic rings. The molecule has 0 saturated carbocycles. The van der Waals surface area contributed by atoms with Gasteiger partial charge in [-0.1, -0.05) is 0 Å². The number of likely N-dealkylation sites (N-methyl/N-ethyl adjacent to an activating group) is 1. The van der Waals surface area contributed by atoms with Crippen LogP contribution in [0.1, 0.15) is 25.5 Å². The zero-order valence-corrected chi connectivity index (χ0v) is 12.8. The maximum absolute atomic E-state index is 5.97. The molecule has 1 saturated heterocycles. The predicted molar refractivity (Wildman–Crippen MR) is 87.8 cm³/mol. The van der Waals surface area contributed by atoms with Crippen LogP contribution in [0.3, 0.4) is 0 Å². The lowest BCUT2D eigenvalue weighted by Crippen LogP contribution is -2.32. The summed E-state index contributed by atoms with van der Waals surface area (Å²) >= 11 is 0. The number of benzene rings is 1. The van der Waals surface area contributed by atoms with Gasteiger partial charge in [0.05, 0.1) is 11.6 Å². The highest BCUT2D eigenvalue weighted by atomic mass is 16.5. The van der Waals surface area contributed by atoms with Crippen molar-refractivity contribution in [1.82, 2.24) is 4.98 Å². The molecule has 0 bridgehead atoms. The maximum Gasteiger partial charge on any atom is 0.0750 e. The summed E-state index contributed by atoms with van der Waals surface area (Å²) in [7, 11) is 0. The molecule has 0 radical (unpaired) electrons. The number of pyridine rings is 1. The molecular weight excluding hydrogens is 262 g/mol. The fourth-order valence-electron chi connectivity index (χ4n) is 3.05. The first kappa shape index (κ1) is 14.1. The molecule has 2 heterocycles. The molecule has 1 atom stereocenters. The summed E-state index contributed by atoms with van der Waals surface area (Å²) in [6.45, 7) is 7.00. The van der Waals surface area contributed by atoms with E-state index in [-0.39, 0.29) is 0 Å². The van der Waals surface area contributed by atoms with Gasteiger partial charge in [0.2, 0.25) is 0 Å². The zero-order chi connectivity index (χ0) is 14.8. The number of fused-ring (bicyclic) bond motifs is 1. The molecule has 1 aromatic carbocycles. The second-order valence-corrected chi connectivity index (χ2v) is 5.73. The van der Waals surface area contributed by atoms with Crippen molar-refractivity contribution in [1.29, 1.82) is 0 Å². The monoisotopic (exact) mass is 285 g/mol. The number of nitrogens with two attached hydrogens (primary N) is 1. The minimum atomic E-state index is 0.342.